The molecule has 0 aromatic carbocycles. The van der Waals surface area contributed by atoms with E-state index in [-0.39, 0.29) is 11.8 Å². The summed E-state index contributed by atoms with van der Waals surface area (Å²) in [6, 6.07) is 3.89. The van der Waals surface area contributed by atoms with Gasteiger partial charge >= 0.3 is 0 Å². The minimum Gasteiger partial charge on any atom is -0.468 e. The van der Waals surface area contributed by atoms with Gasteiger partial charge in [-0.2, -0.15) is 4.98 Å². The Balaban J connectivity index is 1.26. The highest BCUT2D eigenvalue weighted by atomic mass is 16.5. The molecule has 2 aromatic heterocycles. The molecule has 7 nitrogen and oxygen atoms in total. The maximum Gasteiger partial charge on any atom is 0.229 e. The third-order valence-electron chi connectivity index (χ3n) is 5.27. The molecule has 3 heterocycles. The van der Waals surface area contributed by atoms with Crippen LogP contribution in [0.5, 0.6) is 0 Å². The van der Waals surface area contributed by atoms with E-state index in [1.165, 1.54) is 0 Å². The number of hydrogen-bond donors (Lipinski definition) is 0. The SMILES string of the molecule is CN(CCc1noc(C2CC2)n1)C(=O)[C@@H]1CCCN(Cc2ccco2)C1. The number of aromatic nitrogens is 2. The van der Waals surface area contributed by atoms with Gasteiger partial charge in [-0.05, 0) is 44.4 Å². The smallest absolute Gasteiger partial charge is 0.229 e. The molecule has 1 aliphatic heterocycles. The number of carbonyl (C=O) groups excluding carboxylic acids is 1. The summed E-state index contributed by atoms with van der Waals surface area (Å²) in [4.78, 5) is 21.4. The van der Waals surface area contributed by atoms with Crippen molar-refractivity contribution < 1.29 is 13.7 Å². The number of likely N-dealkylation sites (tertiary alicyclic amines) is 1. The number of likely N-dealkylation sites (N-methyl/N-ethyl adjacent to an activating group) is 1. The summed E-state index contributed by atoms with van der Waals surface area (Å²) in [6.07, 6.45) is 6.63. The molecule has 4 rings (SSSR count). The first-order chi connectivity index (χ1) is 12.7. The van der Waals surface area contributed by atoms with Crippen LogP contribution in [0.15, 0.2) is 27.3 Å². The van der Waals surface area contributed by atoms with Gasteiger partial charge < -0.3 is 13.8 Å². The Kier molecular flexibility index (Phi) is 5.06. The minimum atomic E-state index is 0.0519. The van der Waals surface area contributed by atoms with Gasteiger partial charge in [0.25, 0.3) is 0 Å². The van der Waals surface area contributed by atoms with Crippen LogP contribution in [0, 0.1) is 5.92 Å². The summed E-state index contributed by atoms with van der Waals surface area (Å²) in [5.74, 6) is 3.15. The highest BCUT2D eigenvalue weighted by molar-refractivity contribution is 5.78. The van der Waals surface area contributed by atoms with Crippen LogP contribution in [0.2, 0.25) is 0 Å². The zero-order chi connectivity index (χ0) is 17.9. The Morgan fingerprint density at radius 1 is 1.38 bits per heavy atom. The largest absolute Gasteiger partial charge is 0.468 e. The topological polar surface area (TPSA) is 75.6 Å². The summed E-state index contributed by atoms with van der Waals surface area (Å²) in [7, 11) is 1.87. The van der Waals surface area contributed by atoms with Crippen LogP contribution in [-0.2, 0) is 17.8 Å². The number of nitrogens with zero attached hydrogens (tertiary/aromatic N) is 4. The quantitative estimate of drug-likeness (QED) is 0.757. The van der Waals surface area contributed by atoms with Crippen molar-refractivity contribution in [2.45, 2.75) is 44.6 Å². The zero-order valence-electron chi connectivity index (χ0n) is 15.3. The Morgan fingerprint density at radius 3 is 3.04 bits per heavy atom. The summed E-state index contributed by atoms with van der Waals surface area (Å²) in [6.45, 7) is 3.20. The third kappa shape index (κ3) is 4.15. The molecule has 2 aliphatic rings. The highest BCUT2D eigenvalue weighted by Crippen LogP contribution is 2.38. The third-order valence-corrected chi connectivity index (χ3v) is 5.27. The van der Waals surface area contributed by atoms with Gasteiger partial charge in [-0.25, -0.2) is 0 Å². The average Bonchev–Trinajstić information content (AvgIpc) is 3.17. The van der Waals surface area contributed by atoms with Gasteiger partial charge in [-0.3, -0.25) is 9.69 Å². The van der Waals surface area contributed by atoms with Gasteiger partial charge in [-0.1, -0.05) is 5.16 Å². The number of rotatable bonds is 7. The van der Waals surface area contributed by atoms with Gasteiger partial charge in [0.15, 0.2) is 5.82 Å². The van der Waals surface area contributed by atoms with E-state index in [0.717, 1.165) is 57.0 Å². The molecule has 1 atom stereocenters. The second-order valence-electron chi connectivity index (χ2n) is 7.49. The van der Waals surface area contributed by atoms with Crippen LogP contribution < -0.4 is 0 Å². The molecule has 1 saturated carbocycles. The summed E-state index contributed by atoms with van der Waals surface area (Å²) >= 11 is 0. The van der Waals surface area contributed by atoms with E-state index in [1.807, 2.05) is 24.1 Å². The molecule has 7 heteroatoms. The molecule has 140 valence electrons. The fourth-order valence-corrected chi connectivity index (χ4v) is 3.58. The van der Waals surface area contributed by atoms with Crippen LogP contribution in [-0.4, -0.2) is 52.5 Å². The monoisotopic (exact) mass is 358 g/mol. The number of furan rings is 1. The van der Waals surface area contributed by atoms with Crippen molar-refractivity contribution in [3.05, 3.63) is 35.9 Å². The van der Waals surface area contributed by atoms with E-state index in [0.29, 0.717) is 24.7 Å². The van der Waals surface area contributed by atoms with Crippen molar-refractivity contribution in [1.82, 2.24) is 19.9 Å². The molecule has 0 unspecified atom stereocenters. The predicted octanol–water partition coefficient (Wildman–Crippen LogP) is 2.45. The lowest BCUT2D eigenvalue weighted by Crippen LogP contribution is -2.43. The lowest BCUT2D eigenvalue weighted by molar-refractivity contribution is -0.136. The Labute approximate surface area is 153 Å². The van der Waals surface area contributed by atoms with E-state index < -0.39 is 0 Å². The van der Waals surface area contributed by atoms with Crippen molar-refractivity contribution in [3.63, 3.8) is 0 Å². The van der Waals surface area contributed by atoms with Crippen molar-refractivity contribution in [3.8, 4) is 0 Å². The normalized spacial score (nSPS) is 21.0. The number of piperidine rings is 1. The molecular formula is C19H26N4O3. The Hall–Kier alpha value is -2.15. The molecule has 1 amide bonds. The number of carbonyl (C=O) groups is 1. The second kappa shape index (κ2) is 7.61. The first-order valence-corrected chi connectivity index (χ1v) is 9.51. The molecule has 0 radical (unpaired) electrons. The minimum absolute atomic E-state index is 0.0519. The van der Waals surface area contributed by atoms with Gasteiger partial charge in [-0.15, -0.1) is 0 Å². The standard InChI is InChI=1S/C19H26N4O3/c1-22(10-8-17-20-18(26-21-17)14-6-7-14)19(24)15-4-2-9-23(12-15)13-16-5-3-11-25-16/h3,5,11,14-15H,2,4,6-10,12-13H2,1H3/t15-/m1/s1. The Morgan fingerprint density at radius 2 is 2.27 bits per heavy atom. The number of amides is 1. The van der Waals surface area contributed by atoms with Crippen LogP contribution in [0.25, 0.3) is 0 Å². The van der Waals surface area contributed by atoms with Crippen LogP contribution in [0.4, 0.5) is 0 Å². The zero-order valence-corrected chi connectivity index (χ0v) is 15.3. The molecule has 0 spiro atoms. The lowest BCUT2D eigenvalue weighted by Gasteiger charge is -2.33. The fraction of sp³-hybridized carbons (Fsp3) is 0.632. The summed E-state index contributed by atoms with van der Waals surface area (Å²) < 4.78 is 10.7. The lowest BCUT2D eigenvalue weighted by atomic mass is 9.96. The van der Waals surface area contributed by atoms with Gasteiger partial charge in [0.2, 0.25) is 11.8 Å². The molecule has 2 fully saturated rings. The maximum absolute atomic E-state index is 12.8. The van der Waals surface area contributed by atoms with E-state index in [9.17, 15) is 4.79 Å². The summed E-state index contributed by atoms with van der Waals surface area (Å²) in [5.41, 5.74) is 0. The van der Waals surface area contributed by atoms with Crippen molar-refractivity contribution in [2.75, 3.05) is 26.7 Å². The van der Waals surface area contributed by atoms with Crippen molar-refractivity contribution >= 4 is 5.91 Å². The summed E-state index contributed by atoms with van der Waals surface area (Å²) in [5, 5.41) is 4.03. The molecule has 0 bridgehead atoms. The first-order valence-electron chi connectivity index (χ1n) is 9.51. The fourth-order valence-electron chi connectivity index (χ4n) is 3.58. The van der Waals surface area contributed by atoms with E-state index in [1.54, 1.807) is 6.26 Å². The molecule has 1 saturated heterocycles. The Bertz CT molecular complexity index is 723. The van der Waals surface area contributed by atoms with Gasteiger partial charge in [0.1, 0.15) is 5.76 Å². The molecule has 2 aromatic rings. The second-order valence-corrected chi connectivity index (χ2v) is 7.49. The molecule has 26 heavy (non-hydrogen) atoms. The van der Waals surface area contributed by atoms with E-state index in [4.69, 9.17) is 8.94 Å². The molecular weight excluding hydrogens is 332 g/mol. The average molecular weight is 358 g/mol. The highest BCUT2D eigenvalue weighted by Gasteiger charge is 2.30. The first kappa shape index (κ1) is 17.3. The van der Waals surface area contributed by atoms with Gasteiger partial charge in [0, 0.05) is 32.5 Å². The van der Waals surface area contributed by atoms with E-state index >= 15 is 0 Å². The molecule has 0 N–H and O–H groups in total. The van der Waals surface area contributed by atoms with Crippen LogP contribution >= 0.6 is 0 Å². The maximum atomic E-state index is 12.8. The molecule has 1 aliphatic carbocycles. The predicted molar refractivity (Wildman–Crippen MR) is 94.3 cm³/mol. The van der Waals surface area contributed by atoms with E-state index in [2.05, 4.69) is 15.0 Å². The van der Waals surface area contributed by atoms with Crippen LogP contribution in [0.3, 0.4) is 0 Å². The van der Waals surface area contributed by atoms with Crippen molar-refractivity contribution in [2.24, 2.45) is 5.92 Å². The number of hydrogen-bond acceptors (Lipinski definition) is 6. The van der Waals surface area contributed by atoms with Crippen LogP contribution in [0.1, 0.15) is 49.1 Å². The van der Waals surface area contributed by atoms with Crippen molar-refractivity contribution in [1.29, 1.82) is 0 Å². The van der Waals surface area contributed by atoms with Gasteiger partial charge in [0.05, 0.1) is 18.7 Å².